The molecule has 0 spiro atoms. The van der Waals surface area contributed by atoms with E-state index in [0.29, 0.717) is 0 Å². The van der Waals surface area contributed by atoms with Gasteiger partial charge < -0.3 is 10.1 Å². The molecule has 3 heteroatoms. The average molecular weight is 252 g/mol. The first-order valence-corrected chi connectivity index (χ1v) is 7.93. The van der Waals surface area contributed by atoms with Crippen LogP contribution in [0.3, 0.4) is 0 Å². The third kappa shape index (κ3) is 2.73. The number of ether oxygens (including phenoxy) is 1. The van der Waals surface area contributed by atoms with Gasteiger partial charge in [0.25, 0.3) is 0 Å². The van der Waals surface area contributed by atoms with Crippen LogP contribution in [0, 0.1) is 5.92 Å². The molecule has 3 nitrogen and oxygen atoms in total. The van der Waals surface area contributed by atoms with E-state index in [1.165, 1.54) is 45.1 Å². The van der Waals surface area contributed by atoms with Gasteiger partial charge in [0.05, 0.1) is 0 Å². The summed E-state index contributed by atoms with van der Waals surface area (Å²) in [5.74, 6) is 0.843. The van der Waals surface area contributed by atoms with E-state index in [9.17, 15) is 0 Å². The molecule has 0 aromatic rings. The van der Waals surface area contributed by atoms with Crippen LogP contribution in [0.15, 0.2) is 0 Å². The zero-order valence-corrected chi connectivity index (χ0v) is 11.7. The van der Waals surface area contributed by atoms with Crippen molar-refractivity contribution in [2.24, 2.45) is 5.92 Å². The van der Waals surface area contributed by atoms with Gasteiger partial charge in [-0.1, -0.05) is 6.92 Å². The molecule has 0 aliphatic carbocycles. The predicted octanol–water partition coefficient (Wildman–Crippen LogP) is 2.02. The van der Waals surface area contributed by atoms with Gasteiger partial charge in [-0.25, -0.2) is 0 Å². The fourth-order valence-electron chi connectivity index (χ4n) is 4.24. The van der Waals surface area contributed by atoms with Crippen LogP contribution in [0.4, 0.5) is 0 Å². The number of fused-ring (bicyclic) bond motifs is 2. The van der Waals surface area contributed by atoms with Gasteiger partial charge in [-0.3, -0.25) is 4.90 Å². The quantitative estimate of drug-likeness (QED) is 0.810. The second-order valence-electron chi connectivity index (χ2n) is 6.37. The molecule has 0 aromatic carbocycles. The van der Waals surface area contributed by atoms with Crippen molar-refractivity contribution in [1.29, 1.82) is 0 Å². The van der Waals surface area contributed by atoms with E-state index in [2.05, 4.69) is 17.1 Å². The maximum atomic E-state index is 5.49. The average Bonchev–Trinajstić information content (AvgIpc) is 2.94. The van der Waals surface area contributed by atoms with Crippen LogP contribution in [-0.2, 0) is 4.74 Å². The van der Waals surface area contributed by atoms with Crippen LogP contribution in [0.5, 0.6) is 0 Å². The lowest BCUT2D eigenvalue weighted by Gasteiger charge is -2.39. The molecule has 2 bridgehead atoms. The van der Waals surface area contributed by atoms with Crippen LogP contribution in [0.25, 0.3) is 0 Å². The molecular weight excluding hydrogens is 224 g/mol. The van der Waals surface area contributed by atoms with Gasteiger partial charge in [0.15, 0.2) is 0 Å². The van der Waals surface area contributed by atoms with Crippen LogP contribution >= 0.6 is 0 Å². The Labute approximate surface area is 111 Å². The second-order valence-corrected chi connectivity index (χ2v) is 6.37. The smallest absolute Gasteiger partial charge is 0.0495 e. The normalized spacial score (nSPS) is 40.5. The lowest BCUT2D eigenvalue weighted by atomic mass is 9.96. The van der Waals surface area contributed by atoms with Gasteiger partial charge in [-0.15, -0.1) is 0 Å². The Morgan fingerprint density at radius 3 is 2.56 bits per heavy atom. The number of nitrogens with one attached hydrogen (secondary N) is 1. The topological polar surface area (TPSA) is 24.5 Å². The first kappa shape index (κ1) is 12.9. The molecule has 3 fully saturated rings. The number of hydrogen-bond acceptors (Lipinski definition) is 3. The maximum absolute atomic E-state index is 5.49. The Kier molecular flexibility index (Phi) is 4.22. The van der Waals surface area contributed by atoms with Crippen molar-refractivity contribution in [3.63, 3.8) is 0 Å². The van der Waals surface area contributed by atoms with Crippen LogP contribution in [-0.4, -0.2) is 49.3 Å². The highest BCUT2D eigenvalue weighted by molar-refractivity contribution is 4.97. The molecule has 3 heterocycles. The minimum Gasteiger partial charge on any atom is -0.381 e. The fourth-order valence-corrected chi connectivity index (χ4v) is 4.24. The summed E-state index contributed by atoms with van der Waals surface area (Å²) in [6, 6.07) is 2.53. The summed E-state index contributed by atoms with van der Waals surface area (Å²) >= 11 is 0. The number of piperidine rings is 1. The largest absolute Gasteiger partial charge is 0.381 e. The van der Waals surface area contributed by atoms with Gasteiger partial charge in [-0.2, -0.15) is 0 Å². The van der Waals surface area contributed by atoms with Gasteiger partial charge in [0.1, 0.15) is 0 Å². The van der Waals surface area contributed by atoms with Crippen LogP contribution in [0.2, 0.25) is 0 Å². The molecule has 0 saturated carbocycles. The van der Waals surface area contributed by atoms with E-state index < -0.39 is 0 Å². The number of rotatable bonds is 5. The van der Waals surface area contributed by atoms with E-state index in [1.54, 1.807) is 0 Å². The van der Waals surface area contributed by atoms with Gasteiger partial charge in [0.2, 0.25) is 0 Å². The molecule has 104 valence electrons. The van der Waals surface area contributed by atoms with Crippen LogP contribution < -0.4 is 5.32 Å². The van der Waals surface area contributed by atoms with Crippen molar-refractivity contribution in [3.05, 3.63) is 0 Å². The summed E-state index contributed by atoms with van der Waals surface area (Å²) in [4.78, 5) is 2.83. The van der Waals surface area contributed by atoms with Crippen molar-refractivity contribution in [3.8, 4) is 0 Å². The first-order chi connectivity index (χ1) is 8.86. The number of nitrogens with zero attached hydrogens (tertiary/aromatic N) is 1. The standard InChI is InChI=1S/C15H28N2O/c1-2-16-13-9-14-3-4-15(10-13)17(14)7-5-12-6-8-18-11-12/h12-16H,2-11H2,1H3. The molecule has 1 N–H and O–H groups in total. The van der Waals surface area contributed by atoms with E-state index >= 15 is 0 Å². The summed E-state index contributed by atoms with van der Waals surface area (Å²) in [6.45, 7) is 6.70. The highest BCUT2D eigenvalue weighted by Crippen LogP contribution is 2.36. The van der Waals surface area contributed by atoms with Crippen molar-refractivity contribution in [1.82, 2.24) is 10.2 Å². The van der Waals surface area contributed by atoms with E-state index in [1.807, 2.05) is 0 Å². The van der Waals surface area contributed by atoms with E-state index in [-0.39, 0.29) is 0 Å². The molecule has 18 heavy (non-hydrogen) atoms. The lowest BCUT2D eigenvalue weighted by molar-refractivity contribution is 0.107. The van der Waals surface area contributed by atoms with Crippen LogP contribution in [0.1, 0.15) is 45.4 Å². The molecule has 3 aliphatic rings. The molecule has 3 rings (SSSR count). The molecule has 3 saturated heterocycles. The molecule has 3 unspecified atom stereocenters. The van der Waals surface area contributed by atoms with Gasteiger partial charge in [-0.05, 0) is 57.5 Å². The molecule has 0 radical (unpaired) electrons. The van der Waals surface area contributed by atoms with E-state index in [4.69, 9.17) is 4.74 Å². The minimum absolute atomic E-state index is 0.790. The maximum Gasteiger partial charge on any atom is 0.0495 e. The van der Waals surface area contributed by atoms with Gasteiger partial charge in [0, 0.05) is 31.3 Å². The second kappa shape index (κ2) is 5.89. The van der Waals surface area contributed by atoms with Gasteiger partial charge >= 0.3 is 0 Å². The number of hydrogen-bond donors (Lipinski definition) is 1. The molecule has 0 aromatic heterocycles. The Balaban J connectivity index is 1.48. The molecule has 3 aliphatic heterocycles. The fraction of sp³-hybridized carbons (Fsp3) is 1.00. The zero-order valence-electron chi connectivity index (χ0n) is 11.7. The Morgan fingerprint density at radius 1 is 1.17 bits per heavy atom. The summed E-state index contributed by atoms with van der Waals surface area (Å²) in [5.41, 5.74) is 0. The summed E-state index contributed by atoms with van der Waals surface area (Å²) < 4.78 is 5.49. The van der Waals surface area contributed by atoms with Crippen molar-refractivity contribution < 1.29 is 4.74 Å². The predicted molar refractivity (Wildman–Crippen MR) is 73.8 cm³/mol. The summed E-state index contributed by atoms with van der Waals surface area (Å²) in [6.07, 6.45) is 8.29. The lowest BCUT2D eigenvalue weighted by Crippen LogP contribution is -2.49. The van der Waals surface area contributed by atoms with E-state index in [0.717, 1.165) is 43.8 Å². The Morgan fingerprint density at radius 2 is 1.94 bits per heavy atom. The first-order valence-electron chi connectivity index (χ1n) is 7.93. The monoisotopic (exact) mass is 252 g/mol. The third-order valence-corrected chi connectivity index (χ3v) is 5.20. The SMILES string of the molecule is CCNC1CC2CCC(C1)N2CCC1CCOC1. The Bertz CT molecular complexity index is 251. The highest BCUT2D eigenvalue weighted by atomic mass is 16.5. The van der Waals surface area contributed by atoms with Crippen molar-refractivity contribution in [2.45, 2.75) is 63.6 Å². The van der Waals surface area contributed by atoms with Crippen molar-refractivity contribution >= 4 is 0 Å². The summed E-state index contributed by atoms with van der Waals surface area (Å²) in [5, 5.41) is 3.66. The molecular formula is C15H28N2O. The third-order valence-electron chi connectivity index (χ3n) is 5.20. The Hall–Kier alpha value is -0.120. The summed E-state index contributed by atoms with van der Waals surface area (Å²) in [7, 11) is 0. The molecule has 3 atom stereocenters. The zero-order chi connectivity index (χ0) is 12.4. The van der Waals surface area contributed by atoms with Crippen molar-refractivity contribution in [2.75, 3.05) is 26.3 Å². The molecule has 0 amide bonds. The highest BCUT2D eigenvalue weighted by Gasteiger charge is 2.40. The minimum atomic E-state index is 0.790.